The first-order valence-electron chi connectivity index (χ1n) is 7.17. The van der Waals surface area contributed by atoms with Crippen LogP contribution in [0.5, 0.6) is 0 Å². The van der Waals surface area contributed by atoms with Gasteiger partial charge in [0, 0.05) is 30.3 Å². The van der Waals surface area contributed by atoms with Crippen LogP contribution in [0.3, 0.4) is 0 Å². The minimum Gasteiger partial charge on any atom is -0.326 e. The quantitative estimate of drug-likeness (QED) is 0.917. The van der Waals surface area contributed by atoms with Crippen molar-refractivity contribution in [3.05, 3.63) is 53.9 Å². The van der Waals surface area contributed by atoms with Crippen molar-refractivity contribution in [2.45, 2.75) is 17.2 Å². The van der Waals surface area contributed by atoms with Gasteiger partial charge in [-0.15, -0.1) is 0 Å². The molecular weight excluding hydrogens is 338 g/mol. The number of halogens is 2. The van der Waals surface area contributed by atoms with E-state index in [2.05, 4.69) is 10.3 Å². The van der Waals surface area contributed by atoms with Crippen LogP contribution < -0.4 is 5.32 Å². The molecule has 0 unspecified atom stereocenters. The highest BCUT2D eigenvalue weighted by atomic mass is 32.2. The highest BCUT2D eigenvalue weighted by Gasteiger charge is 2.44. The molecule has 0 saturated heterocycles. The summed E-state index contributed by atoms with van der Waals surface area (Å²) in [5, 5.41) is 2.43. The van der Waals surface area contributed by atoms with Crippen molar-refractivity contribution in [2.24, 2.45) is 5.92 Å². The van der Waals surface area contributed by atoms with Crippen LogP contribution in [0.4, 0.5) is 14.5 Å². The fraction of sp³-hybridized carbons (Fsp3) is 0.250. The Morgan fingerprint density at radius 3 is 2.50 bits per heavy atom. The second-order valence-electron chi connectivity index (χ2n) is 5.77. The van der Waals surface area contributed by atoms with E-state index in [9.17, 15) is 22.0 Å². The monoisotopic (exact) mass is 352 g/mol. The average molecular weight is 352 g/mol. The van der Waals surface area contributed by atoms with Gasteiger partial charge in [-0.25, -0.2) is 17.2 Å². The zero-order valence-electron chi connectivity index (χ0n) is 12.7. The maximum absolute atomic E-state index is 13.8. The summed E-state index contributed by atoms with van der Waals surface area (Å²) in [6.45, 7) is 0. The molecule has 0 aliphatic heterocycles. The number of benzene rings is 1. The molecule has 3 rings (SSSR count). The second-order valence-corrected chi connectivity index (χ2v) is 7.72. The van der Waals surface area contributed by atoms with Gasteiger partial charge < -0.3 is 5.32 Å². The lowest BCUT2D eigenvalue weighted by molar-refractivity contribution is -0.117. The van der Waals surface area contributed by atoms with Gasteiger partial charge in [0.2, 0.25) is 5.91 Å². The number of carbonyl (C=O) groups is 1. The fourth-order valence-corrected chi connectivity index (χ4v) is 3.50. The first kappa shape index (κ1) is 16.5. The third-order valence-electron chi connectivity index (χ3n) is 3.88. The van der Waals surface area contributed by atoms with Crippen LogP contribution in [0.2, 0.25) is 0 Å². The van der Waals surface area contributed by atoms with E-state index < -0.39 is 26.4 Å². The van der Waals surface area contributed by atoms with Crippen LogP contribution >= 0.6 is 0 Å². The Labute approximate surface area is 137 Å². The number of carbonyl (C=O) groups excluding carboxylic acids is 1. The van der Waals surface area contributed by atoms with Crippen LogP contribution in [0.1, 0.15) is 17.9 Å². The number of aromatic nitrogens is 1. The predicted octanol–water partition coefficient (Wildman–Crippen LogP) is 2.51. The minimum atomic E-state index is -4.03. The molecule has 8 heteroatoms. The van der Waals surface area contributed by atoms with E-state index in [0.29, 0.717) is 6.42 Å². The van der Waals surface area contributed by atoms with Gasteiger partial charge in [0.05, 0.1) is 0 Å². The summed E-state index contributed by atoms with van der Waals surface area (Å²) in [6, 6.07) is 5.25. The number of nitrogens with zero attached hydrogens (tertiary/aromatic N) is 1. The predicted molar refractivity (Wildman–Crippen MR) is 83.2 cm³/mol. The van der Waals surface area contributed by atoms with Gasteiger partial charge in [-0.1, -0.05) is 6.07 Å². The van der Waals surface area contributed by atoms with Crippen LogP contribution in [-0.2, 0) is 14.6 Å². The van der Waals surface area contributed by atoms with Gasteiger partial charge in [0.25, 0.3) is 0 Å². The summed E-state index contributed by atoms with van der Waals surface area (Å²) < 4.78 is 50.4. The summed E-state index contributed by atoms with van der Waals surface area (Å²) in [4.78, 5) is 15.2. The molecule has 1 heterocycles. The summed E-state index contributed by atoms with van der Waals surface area (Å²) >= 11 is 0. The van der Waals surface area contributed by atoms with E-state index in [0.717, 1.165) is 24.0 Å². The highest BCUT2D eigenvalue weighted by Crippen LogP contribution is 2.47. The Kier molecular flexibility index (Phi) is 4.08. The number of pyridine rings is 1. The third kappa shape index (κ3) is 3.28. The number of nitrogens with one attached hydrogen (secondary N) is 1. The van der Waals surface area contributed by atoms with E-state index in [1.54, 1.807) is 18.5 Å². The second kappa shape index (κ2) is 5.94. The molecule has 2 atom stereocenters. The zero-order valence-corrected chi connectivity index (χ0v) is 13.5. The summed E-state index contributed by atoms with van der Waals surface area (Å²) in [5.41, 5.74) is 0.821. The molecule has 1 aromatic carbocycles. The standard InChI is InChI=1S/C16H14F2N2O3S/c1-24(22,23)15-13(17)5-10(6-14(15)18)20-16(21)12-7-11(12)9-3-2-4-19-8-9/h2-6,8,11-12H,7H2,1H3,(H,20,21)/t11-,12-/m0/s1. The SMILES string of the molecule is CS(=O)(=O)c1c(F)cc(NC(=O)[C@H]2C[C@H]2c2cccnc2)cc1F. The van der Waals surface area contributed by atoms with Crippen LogP contribution in [0, 0.1) is 17.6 Å². The molecule has 5 nitrogen and oxygen atoms in total. The lowest BCUT2D eigenvalue weighted by Gasteiger charge is -2.08. The molecule has 1 saturated carbocycles. The highest BCUT2D eigenvalue weighted by molar-refractivity contribution is 7.90. The Balaban J connectivity index is 1.75. The topological polar surface area (TPSA) is 76.1 Å². The van der Waals surface area contributed by atoms with Crippen LogP contribution in [0.15, 0.2) is 41.6 Å². The molecule has 1 aliphatic carbocycles. The third-order valence-corrected chi connectivity index (χ3v) is 5.01. The summed E-state index contributed by atoms with van der Waals surface area (Å²) in [6.07, 6.45) is 4.66. The maximum atomic E-state index is 13.8. The molecular formula is C16H14F2N2O3S. The molecule has 2 aromatic rings. The van der Waals surface area contributed by atoms with Crippen molar-refractivity contribution >= 4 is 21.4 Å². The van der Waals surface area contributed by atoms with Crippen molar-refractivity contribution in [2.75, 3.05) is 11.6 Å². The first-order chi connectivity index (χ1) is 11.3. The number of hydrogen-bond donors (Lipinski definition) is 1. The number of rotatable bonds is 4. The van der Waals surface area contributed by atoms with Gasteiger partial charge in [0.15, 0.2) is 9.84 Å². The van der Waals surface area contributed by atoms with Gasteiger partial charge in [-0.3, -0.25) is 9.78 Å². The van der Waals surface area contributed by atoms with Crippen molar-refractivity contribution in [3.63, 3.8) is 0 Å². The molecule has 24 heavy (non-hydrogen) atoms. The molecule has 1 aliphatic rings. The average Bonchev–Trinajstić information content (AvgIpc) is 3.26. The lowest BCUT2D eigenvalue weighted by atomic mass is 10.1. The molecule has 1 N–H and O–H groups in total. The normalized spacial score (nSPS) is 19.8. The Morgan fingerprint density at radius 2 is 1.96 bits per heavy atom. The molecule has 1 aromatic heterocycles. The molecule has 0 radical (unpaired) electrons. The molecule has 0 bridgehead atoms. The van der Waals surface area contributed by atoms with Crippen molar-refractivity contribution in [1.29, 1.82) is 0 Å². The van der Waals surface area contributed by atoms with Crippen molar-refractivity contribution in [3.8, 4) is 0 Å². The van der Waals surface area contributed by atoms with E-state index in [1.165, 1.54) is 0 Å². The number of anilines is 1. The zero-order chi connectivity index (χ0) is 17.5. The van der Waals surface area contributed by atoms with Crippen LogP contribution in [-0.4, -0.2) is 25.6 Å². The maximum Gasteiger partial charge on any atom is 0.228 e. The van der Waals surface area contributed by atoms with Crippen molar-refractivity contribution < 1.29 is 22.0 Å². The lowest BCUT2D eigenvalue weighted by Crippen LogP contribution is -2.15. The first-order valence-corrected chi connectivity index (χ1v) is 9.06. The summed E-state index contributed by atoms with van der Waals surface area (Å²) in [5.74, 6) is -3.09. The fourth-order valence-electron chi connectivity index (χ4n) is 2.67. The molecule has 0 spiro atoms. The minimum absolute atomic E-state index is 0.0312. The van der Waals surface area contributed by atoms with Gasteiger partial charge in [0.1, 0.15) is 16.5 Å². The molecule has 126 valence electrons. The smallest absolute Gasteiger partial charge is 0.228 e. The van der Waals surface area contributed by atoms with E-state index in [-0.39, 0.29) is 23.4 Å². The Hall–Kier alpha value is -2.35. The van der Waals surface area contributed by atoms with E-state index >= 15 is 0 Å². The Bertz CT molecular complexity index is 878. The van der Waals surface area contributed by atoms with E-state index in [4.69, 9.17) is 0 Å². The van der Waals surface area contributed by atoms with Gasteiger partial charge in [-0.05, 0) is 36.1 Å². The van der Waals surface area contributed by atoms with Crippen molar-refractivity contribution in [1.82, 2.24) is 4.98 Å². The van der Waals surface area contributed by atoms with Gasteiger partial charge in [-0.2, -0.15) is 0 Å². The molecule has 1 fully saturated rings. The number of sulfone groups is 1. The van der Waals surface area contributed by atoms with E-state index in [1.807, 2.05) is 6.07 Å². The molecule has 1 amide bonds. The summed E-state index contributed by atoms with van der Waals surface area (Å²) in [7, 11) is -4.03. The number of amides is 1. The Morgan fingerprint density at radius 1 is 1.29 bits per heavy atom. The number of hydrogen-bond acceptors (Lipinski definition) is 4. The van der Waals surface area contributed by atoms with Gasteiger partial charge >= 0.3 is 0 Å². The largest absolute Gasteiger partial charge is 0.326 e. The van der Waals surface area contributed by atoms with Crippen LogP contribution in [0.25, 0.3) is 0 Å².